The largest absolute Gasteiger partial charge is 0.228 e. The molecule has 0 bridgehead atoms. The van der Waals surface area contributed by atoms with Gasteiger partial charge < -0.3 is 0 Å². The third kappa shape index (κ3) is 3.31. The van der Waals surface area contributed by atoms with Crippen LogP contribution in [-0.4, -0.2) is 18.9 Å². The second-order valence-electron chi connectivity index (χ2n) is 6.76. The van der Waals surface area contributed by atoms with Crippen molar-refractivity contribution in [1.82, 2.24) is 0 Å². The van der Waals surface area contributed by atoms with Crippen molar-refractivity contribution >= 4 is 9.84 Å². The topological polar surface area (TPSA) is 57.9 Å². The molecule has 1 saturated carbocycles. The van der Waals surface area contributed by atoms with Crippen LogP contribution in [0.15, 0.2) is 0 Å². The fourth-order valence-corrected chi connectivity index (χ4v) is 4.84. The molecule has 0 aromatic rings. The standard InChI is InChI=1S/C15H27NO2S/c1-6-15(4,5)13-8-7-12(10-16)14(9-13)19(17,18)11(2)3/h11-14H,6-9H2,1-5H3. The van der Waals surface area contributed by atoms with E-state index in [1.54, 1.807) is 13.8 Å². The Bertz CT molecular complexity index is 445. The summed E-state index contributed by atoms with van der Waals surface area (Å²) in [6.07, 6.45) is 3.40. The lowest BCUT2D eigenvalue weighted by atomic mass is 9.67. The number of hydrogen-bond donors (Lipinski definition) is 0. The number of rotatable bonds is 4. The summed E-state index contributed by atoms with van der Waals surface area (Å²) in [7, 11) is -3.19. The van der Waals surface area contributed by atoms with Gasteiger partial charge in [0.25, 0.3) is 0 Å². The third-order valence-electron chi connectivity index (χ3n) is 5.05. The van der Waals surface area contributed by atoms with E-state index in [1.807, 2.05) is 0 Å². The summed E-state index contributed by atoms with van der Waals surface area (Å²) >= 11 is 0. The molecule has 1 aliphatic rings. The van der Waals surface area contributed by atoms with Crippen LogP contribution in [0.2, 0.25) is 0 Å². The zero-order chi connectivity index (χ0) is 14.8. The minimum absolute atomic E-state index is 0.158. The SMILES string of the molecule is CCC(C)(C)C1CCC(C#N)C(S(=O)(=O)C(C)C)C1. The third-order valence-corrected chi connectivity index (χ3v) is 7.73. The average molecular weight is 285 g/mol. The second kappa shape index (κ2) is 5.83. The van der Waals surface area contributed by atoms with Crippen molar-refractivity contribution in [2.45, 2.75) is 70.8 Å². The van der Waals surface area contributed by atoms with Gasteiger partial charge in [0.05, 0.1) is 22.5 Å². The molecule has 0 N–H and O–H groups in total. The van der Waals surface area contributed by atoms with E-state index < -0.39 is 20.3 Å². The monoisotopic (exact) mass is 285 g/mol. The maximum atomic E-state index is 12.5. The van der Waals surface area contributed by atoms with Crippen LogP contribution in [0.5, 0.6) is 0 Å². The van der Waals surface area contributed by atoms with Crippen LogP contribution >= 0.6 is 0 Å². The Kier molecular flexibility index (Phi) is 5.06. The summed E-state index contributed by atoms with van der Waals surface area (Å²) < 4.78 is 24.9. The predicted molar refractivity (Wildman–Crippen MR) is 78.4 cm³/mol. The lowest BCUT2D eigenvalue weighted by Gasteiger charge is -2.41. The van der Waals surface area contributed by atoms with E-state index in [9.17, 15) is 13.7 Å². The first-order valence-electron chi connectivity index (χ1n) is 7.29. The molecule has 0 radical (unpaired) electrons. The summed E-state index contributed by atoms with van der Waals surface area (Å²) in [5.74, 6) is 0.0805. The van der Waals surface area contributed by atoms with Gasteiger partial charge in [0.1, 0.15) is 0 Å². The number of hydrogen-bond acceptors (Lipinski definition) is 3. The highest BCUT2D eigenvalue weighted by Gasteiger charge is 2.43. The van der Waals surface area contributed by atoms with Gasteiger partial charge in [0, 0.05) is 0 Å². The van der Waals surface area contributed by atoms with Crippen molar-refractivity contribution in [2.75, 3.05) is 0 Å². The summed E-state index contributed by atoms with van der Waals surface area (Å²) in [5.41, 5.74) is 0.158. The Morgan fingerprint density at radius 3 is 2.32 bits per heavy atom. The Balaban J connectivity index is 3.03. The fraction of sp³-hybridized carbons (Fsp3) is 0.933. The normalized spacial score (nSPS) is 29.2. The first-order chi connectivity index (χ1) is 8.66. The van der Waals surface area contributed by atoms with Crippen molar-refractivity contribution in [3.05, 3.63) is 0 Å². The molecular formula is C15H27NO2S. The molecule has 1 rings (SSSR count). The highest BCUT2D eigenvalue weighted by molar-refractivity contribution is 7.92. The fourth-order valence-electron chi connectivity index (χ4n) is 2.99. The van der Waals surface area contributed by atoms with Crippen LogP contribution in [0, 0.1) is 28.6 Å². The smallest absolute Gasteiger partial charge is 0.156 e. The van der Waals surface area contributed by atoms with Crippen molar-refractivity contribution in [3.8, 4) is 6.07 Å². The van der Waals surface area contributed by atoms with Crippen LogP contribution in [0.1, 0.15) is 60.3 Å². The van der Waals surface area contributed by atoms with Gasteiger partial charge in [-0.15, -0.1) is 0 Å². The van der Waals surface area contributed by atoms with Gasteiger partial charge in [-0.1, -0.05) is 27.2 Å². The number of nitrogens with zero attached hydrogens (tertiary/aromatic N) is 1. The molecule has 3 unspecified atom stereocenters. The zero-order valence-electron chi connectivity index (χ0n) is 12.8. The van der Waals surface area contributed by atoms with Crippen LogP contribution in [-0.2, 0) is 9.84 Å². The summed E-state index contributed by atoms with van der Waals surface area (Å²) in [4.78, 5) is 0. The Hall–Kier alpha value is -0.560. The molecule has 0 aliphatic heterocycles. The molecule has 4 heteroatoms. The molecule has 1 aliphatic carbocycles. The van der Waals surface area contributed by atoms with Crippen molar-refractivity contribution in [2.24, 2.45) is 17.3 Å². The Labute approximate surface area is 118 Å². The van der Waals surface area contributed by atoms with E-state index in [1.165, 1.54) is 0 Å². The van der Waals surface area contributed by atoms with Gasteiger partial charge in [-0.05, 0) is 44.4 Å². The molecule has 0 spiro atoms. The molecule has 110 valence electrons. The van der Waals surface area contributed by atoms with E-state index in [0.717, 1.165) is 19.3 Å². The summed E-state index contributed by atoms with van der Waals surface area (Å²) in [6.45, 7) is 10.0. The molecule has 3 nitrogen and oxygen atoms in total. The zero-order valence-corrected chi connectivity index (χ0v) is 13.6. The maximum absolute atomic E-state index is 12.5. The molecule has 0 aromatic carbocycles. The molecule has 0 saturated heterocycles. The lowest BCUT2D eigenvalue weighted by Crippen LogP contribution is -2.42. The van der Waals surface area contributed by atoms with Crippen molar-refractivity contribution in [1.29, 1.82) is 5.26 Å². The molecule has 19 heavy (non-hydrogen) atoms. The Morgan fingerprint density at radius 1 is 1.32 bits per heavy atom. The summed E-state index contributed by atoms with van der Waals surface area (Å²) in [5, 5.41) is 8.38. The highest BCUT2D eigenvalue weighted by atomic mass is 32.2. The molecule has 0 aromatic heterocycles. The molecule has 0 heterocycles. The van der Waals surface area contributed by atoms with Crippen LogP contribution in [0.4, 0.5) is 0 Å². The quantitative estimate of drug-likeness (QED) is 0.793. The van der Waals surface area contributed by atoms with Gasteiger partial charge in [-0.2, -0.15) is 5.26 Å². The minimum atomic E-state index is -3.19. The maximum Gasteiger partial charge on any atom is 0.156 e. The van der Waals surface area contributed by atoms with Gasteiger partial charge in [0.2, 0.25) is 0 Å². The van der Waals surface area contributed by atoms with Gasteiger partial charge >= 0.3 is 0 Å². The Morgan fingerprint density at radius 2 is 1.89 bits per heavy atom. The number of sulfone groups is 1. The molecule has 1 fully saturated rings. The van der Waals surface area contributed by atoms with Gasteiger partial charge in [0.15, 0.2) is 9.84 Å². The predicted octanol–water partition coefficient (Wildman–Crippen LogP) is 3.55. The molecule has 0 amide bonds. The second-order valence-corrected chi connectivity index (χ2v) is 9.49. The minimum Gasteiger partial charge on any atom is -0.228 e. The first-order valence-corrected chi connectivity index (χ1v) is 8.90. The van der Waals surface area contributed by atoms with Crippen molar-refractivity contribution < 1.29 is 8.42 Å². The van der Waals surface area contributed by atoms with E-state index in [0.29, 0.717) is 12.3 Å². The van der Waals surface area contributed by atoms with E-state index in [-0.39, 0.29) is 11.3 Å². The van der Waals surface area contributed by atoms with E-state index in [4.69, 9.17) is 0 Å². The van der Waals surface area contributed by atoms with Gasteiger partial charge in [-0.25, -0.2) is 8.42 Å². The van der Waals surface area contributed by atoms with E-state index in [2.05, 4.69) is 26.8 Å². The van der Waals surface area contributed by atoms with Crippen LogP contribution in [0.25, 0.3) is 0 Å². The lowest BCUT2D eigenvalue weighted by molar-refractivity contribution is 0.141. The van der Waals surface area contributed by atoms with E-state index >= 15 is 0 Å². The highest BCUT2D eigenvalue weighted by Crippen LogP contribution is 2.44. The van der Waals surface area contributed by atoms with Crippen LogP contribution in [0.3, 0.4) is 0 Å². The van der Waals surface area contributed by atoms with Crippen molar-refractivity contribution in [3.63, 3.8) is 0 Å². The summed E-state index contributed by atoms with van der Waals surface area (Å²) in [6, 6.07) is 2.23. The average Bonchev–Trinajstić information content (AvgIpc) is 2.37. The van der Waals surface area contributed by atoms with Crippen LogP contribution < -0.4 is 0 Å². The van der Waals surface area contributed by atoms with Gasteiger partial charge in [-0.3, -0.25) is 0 Å². The molecule has 3 atom stereocenters. The first kappa shape index (κ1) is 16.5. The number of nitriles is 1. The molecular weight excluding hydrogens is 258 g/mol.